The first-order valence-corrected chi connectivity index (χ1v) is 11.5. The first-order valence-electron chi connectivity index (χ1n) is 11.5. The molecule has 0 amide bonds. The maximum atomic E-state index is 11.3. The topological polar surface area (TPSA) is 157 Å². The van der Waals surface area contributed by atoms with E-state index in [0.717, 1.165) is 64.0 Å². The SMILES string of the molecule is CC(=O)O.CC(=O)O.CNCCCNC=C1C=CC=CC1=O.CNCCCNC=C1C=CC=CC1=O.[Cu+].[Cu+]. The van der Waals surface area contributed by atoms with Crippen LogP contribution in [-0.2, 0) is 53.3 Å². The molecule has 10 nitrogen and oxygen atoms in total. The number of hydrogen-bond acceptors (Lipinski definition) is 8. The molecule has 12 heteroatoms. The molecule has 0 bridgehead atoms. The molecule has 38 heavy (non-hydrogen) atoms. The molecule has 2 aliphatic rings. The summed E-state index contributed by atoms with van der Waals surface area (Å²) in [6, 6.07) is 0. The van der Waals surface area contributed by atoms with Gasteiger partial charge >= 0.3 is 34.1 Å². The Bertz CT molecular complexity index is 788. The van der Waals surface area contributed by atoms with Crippen LogP contribution in [0.15, 0.2) is 72.2 Å². The van der Waals surface area contributed by atoms with Gasteiger partial charge in [0.05, 0.1) is 0 Å². The van der Waals surface area contributed by atoms with Crippen molar-refractivity contribution in [1.82, 2.24) is 21.3 Å². The predicted octanol–water partition coefficient (Wildman–Crippen LogP) is 1.71. The predicted molar refractivity (Wildman–Crippen MR) is 142 cm³/mol. The van der Waals surface area contributed by atoms with Gasteiger partial charge in [0.2, 0.25) is 0 Å². The Hall–Kier alpha value is -2.72. The van der Waals surface area contributed by atoms with Crippen LogP contribution in [0.4, 0.5) is 0 Å². The number of carbonyl (C=O) groups is 4. The molecule has 0 fully saturated rings. The van der Waals surface area contributed by atoms with E-state index in [9.17, 15) is 9.59 Å². The van der Waals surface area contributed by atoms with Gasteiger partial charge in [-0.1, -0.05) is 24.3 Å². The molecule has 0 saturated heterocycles. The fourth-order valence-electron chi connectivity index (χ4n) is 2.30. The molecule has 0 radical (unpaired) electrons. The van der Waals surface area contributed by atoms with Crippen LogP contribution in [0.1, 0.15) is 26.7 Å². The third-order valence-electron chi connectivity index (χ3n) is 3.85. The average Bonchev–Trinajstić information content (AvgIpc) is 2.81. The molecule has 2 rings (SSSR count). The monoisotopic (exact) mass is 630 g/mol. The van der Waals surface area contributed by atoms with Crippen LogP contribution in [0, 0.1) is 0 Å². The van der Waals surface area contributed by atoms with E-state index in [1.165, 1.54) is 0 Å². The Morgan fingerprint density at radius 2 is 0.947 bits per heavy atom. The van der Waals surface area contributed by atoms with Crippen molar-refractivity contribution in [1.29, 1.82) is 0 Å². The molecule has 0 aromatic heterocycles. The molecule has 0 heterocycles. The molecule has 0 atom stereocenters. The fourth-order valence-corrected chi connectivity index (χ4v) is 2.30. The van der Waals surface area contributed by atoms with Crippen molar-refractivity contribution >= 4 is 23.5 Å². The zero-order chi connectivity index (χ0) is 27.6. The van der Waals surface area contributed by atoms with E-state index in [1.54, 1.807) is 36.7 Å². The summed E-state index contributed by atoms with van der Waals surface area (Å²) in [7, 11) is 3.85. The minimum atomic E-state index is -0.833. The second kappa shape index (κ2) is 30.5. The molecule has 0 spiro atoms. The van der Waals surface area contributed by atoms with Crippen molar-refractivity contribution in [2.75, 3.05) is 40.3 Å². The van der Waals surface area contributed by atoms with Crippen LogP contribution in [0.25, 0.3) is 0 Å². The van der Waals surface area contributed by atoms with Crippen LogP contribution in [0.2, 0.25) is 0 Å². The number of allylic oxidation sites excluding steroid dienone is 10. The van der Waals surface area contributed by atoms with Crippen molar-refractivity contribution in [3.05, 3.63) is 72.2 Å². The zero-order valence-corrected chi connectivity index (χ0v) is 24.0. The fraction of sp³-hybridized carbons (Fsp3) is 0.385. The van der Waals surface area contributed by atoms with E-state index < -0.39 is 11.9 Å². The maximum Gasteiger partial charge on any atom is 1.00 e. The van der Waals surface area contributed by atoms with Gasteiger partial charge in [0.15, 0.2) is 11.6 Å². The normalized spacial score (nSPS) is 14.4. The molecular weight excluding hydrogens is 591 g/mol. The van der Waals surface area contributed by atoms with E-state index in [1.807, 2.05) is 38.4 Å². The Morgan fingerprint density at radius 1 is 0.658 bits per heavy atom. The van der Waals surface area contributed by atoms with Gasteiger partial charge in [-0.15, -0.1) is 0 Å². The van der Waals surface area contributed by atoms with E-state index in [2.05, 4.69) is 21.3 Å². The Morgan fingerprint density at radius 3 is 1.21 bits per heavy atom. The van der Waals surface area contributed by atoms with Crippen molar-refractivity contribution in [3.63, 3.8) is 0 Å². The van der Waals surface area contributed by atoms with Crippen LogP contribution in [0.3, 0.4) is 0 Å². The van der Waals surface area contributed by atoms with Crippen molar-refractivity contribution in [2.45, 2.75) is 26.7 Å². The smallest absolute Gasteiger partial charge is 0.481 e. The summed E-state index contributed by atoms with van der Waals surface area (Å²) >= 11 is 0. The van der Waals surface area contributed by atoms with Gasteiger partial charge in [-0.25, -0.2) is 0 Å². The van der Waals surface area contributed by atoms with E-state index in [-0.39, 0.29) is 45.7 Å². The number of carboxylic acids is 2. The van der Waals surface area contributed by atoms with Gasteiger partial charge in [0.1, 0.15) is 0 Å². The number of aliphatic carboxylic acids is 2. The summed E-state index contributed by atoms with van der Waals surface area (Å²) in [4.78, 5) is 40.5. The number of ketones is 2. The summed E-state index contributed by atoms with van der Waals surface area (Å²) in [6.07, 6.45) is 19.6. The summed E-state index contributed by atoms with van der Waals surface area (Å²) in [5.41, 5.74) is 1.44. The van der Waals surface area contributed by atoms with Gasteiger partial charge in [0.25, 0.3) is 11.9 Å². The first kappa shape index (κ1) is 42.4. The molecule has 220 valence electrons. The minimum Gasteiger partial charge on any atom is -0.481 e. The minimum absolute atomic E-state index is 0. The number of carbonyl (C=O) groups excluding carboxylic acids is 2. The van der Waals surface area contributed by atoms with Crippen LogP contribution >= 0.6 is 0 Å². The molecule has 0 saturated carbocycles. The van der Waals surface area contributed by atoms with Crippen LogP contribution < -0.4 is 21.3 Å². The zero-order valence-electron chi connectivity index (χ0n) is 22.1. The standard InChI is InChI=1S/2C11H16N2O.2C2H4O2.2Cu/c2*1-12-7-4-8-13-9-10-5-2-3-6-11(10)14;2*1-2(3)4;;/h2*2-3,5-6,9,12-13H,4,7-8H2,1H3;2*1H3,(H,3,4);;/q;;;;2*+1. The van der Waals surface area contributed by atoms with E-state index >= 15 is 0 Å². The third-order valence-corrected chi connectivity index (χ3v) is 3.85. The van der Waals surface area contributed by atoms with E-state index in [0.29, 0.717) is 0 Å². The largest absolute Gasteiger partial charge is 1.00 e. The first-order chi connectivity index (χ1) is 17.1. The second-order valence-corrected chi connectivity index (χ2v) is 7.22. The number of rotatable bonds is 10. The molecule has 6 N–H and O–H groups in total. The number of hydrogen-bond donors (Lipinski definition) is 6. The van der Waals surface area contributed by atoms with Crippen LogP contribution in [0.5, 0.6) is 0 Å². The molecule has 2 aliphatic carbocycles. The molecule has 0 aromatic carbocycles. The van der Waals surface area contributed by atoms with Crippen molar-refractivity contribution in [2.24, 2.45) is 0 Å². The quantitative estimate of drug-likeness (QED) is 0.119. The Balaban J connectivity index is -0.000000228. The second-order valence-electron chi connectivity index (χ2n) is 7.22. The third kappa shape index (κ3) is 31.3. The molecule has 0 aliphatic heterocycles. The van der Waals surface area contributed by atoms with Gasteiger partial charge in [-0.05, 0) is 64.3 Å². The summed E-state index contributed by atoms with van der Waals surface area (Å²) in [5.74, 6) is -1.54. The summed E-state index contributed by atoms with van der Waals surface area (Å²) in [6.45, 7) is 5.91. The maximum absolute atomic E-state index is 11.3. The molecule has 0 unspecified atom stereocenters. The average molecular weight is 632 g/mol. The van der Waals surface area contributed by atoms with E-state index in [4.69, 9.17) is 19.8 Å². The van der Waals surface area contributed by atoms with Gasteiger partial charge < -0.3 is 31.5 Å². The van der Waals surface area contributed by atoms with Gasteiger partial charge in [0, 0.05) is 50.5 Å². The molecule has 0 aromatic rings. The number of carboxylic acid groups (broad SMARTS) is 2. The summed E-state index contributed by atoms with van der Waals surface area (Å²) in [5, 5.41) is 27.2. The van der Waals surface area contributed by atoms with Crippen molar-refractivity contribution in [3.8, 4) is 0 Å². The Kier molecular flexibility index (Phi) is 34.0. The van der Waals surface area contributed by atoms with Crippen LogP contribution in [-0.4, -0.2) is 74.0 Å². The van der Waals surface area contributed by atoms with Crippen molar-refractivity contribution < 1.29 is 63.5 Å². The molecular formula is C26H40Cu2N4O6+2. The number of nitrogens with one attached hydrogen (secondary N) is 4. The summed E-state index contributed by atoms with van der Waals surface area (Å²) < 4.78 is 0. The Labute approximate surface area is 246 Å². The van der Waals surface area contributed by atoms with Gasteiger partial charge in [-0.2, -0.15) is 0 Å². The van der Waals surface area contributed by atoms with Gasteiger partial charge in [-0.3, -0.25) is 19.2 Å².